The lowest BCUT2D eigenvalue weighted by Crippen LogP contribution is -2.57. The van der Waals surface area contributed by atoms with Gasteiger partial charge in [-0.25, -0.2) is 0 Å². The molecule has 0 unspecified atom stereocenters. The van der Waals surface area contributed by atoms with Crippen molar-refractivity contribution in [3.63, 3.8) is 0 Å². The minimum atomic E-state index is -1.30. The number of benzene rings is 2. The average Bonchev–Trinajstić information content (AvgIpc) is 3.69. The summed E-state index contributed by atoms with van der Waals surface area (Å²) in [4.78, 5) is 58.0. The number of aliphatic hydroxyl groups is 1. The molecular weight excluding hydrogens is 610 g/mol. The van der Waals surface area contributed by atoms with Crippen LogP contribution in [0.5, 0.6) is 0 Å². The molecule has 0 saturated carbocycles. The highest BCUT2D eigenvalue weighted by molar-refractivity contribution is 6.34. The van der Waals surface area contributed by atoms with E-state index >= 15 is 0 Å². The number of carbonyl (C=O) groups excluding carboxylic acids is 4. The molecule has 2 N–H and O–H groups in total. The predicted molar refractivity (Wildman–Crippen MR) is 173 cm³/mol. The second-order valence-electron chi connectivity index (χ2n) is 11.9. The molecule has 2 aromatic carbocycles. The minimum absolute atomic E-state index is 0.0409. The van der Waals surface area contributed by atoms with Gasteiger partial charge in [0.15, 0.2) is 0 Å². The number of para-hydroxylation sites is 1. The van der Waals surface area contributed by atoms with Crippen LogP contribution in [0.4, 0.5) is 5.69 Å². The highest BCUT2D eigenvalue weighted by atomic mass is 35.5. The third kappa shape index (κ3) is 6.09. The molecule has 1 spiro atoms. The number of likely N-dealkylation sites (tertiary alicyclic amines) is 1. The summed E-state index contributed by atoms with van der Waals surface area (Å²) in [6.07, 6.45) is 3.37. The van der Waals surface area contributed by atoms with Crippen molar-refractivity contribution in [3.8, 4) is 0 Å². The van der Waals surface area contributed by atoms with E-state index in [0.29, 0.717) is 35.5 Å². The highest BCUT2D eigenvalue weighted by Gasteiger charge is 2.75. The largest absolute Gasteiger partial charge is 0.455 e. The molecule has 244 valence electrons. The SMILES string of the molecule is C=CCCC(=O)NC[C@@H](OC(=O)[C@@H]1[C@H]2C(=O)N(CCO)[C@H](C(=O)N(CC=C)c3c(C)cccc3Cl)[C@]23CC[C@H]1O3)c1ccccc1. The molecule has 5 rings (SSSR count). The lowest BCUT2D eigenvalue weighted by atomic mass is 9.70. The second kappa shape index (κ2) is 14.2. The number of hydrogen-bond acceptors (Lipinski definition) is 7. The predicted octanol–water partition coefficient (Wildman–Crippen LogP) is 3.90. The maximum Gasteiger partial charge on any atom is 0.313 e. The highest BCUT2D eigenvalue weighted by Crippen LogP contribution is 2.59. The molecule has 0 aliphatic carbocycles. The quantitative estimate of drug-likeness (QED) is 0.235. The number of carbonyl (C=O) groups is 4. The molecule has 3 aliphatic heterocycles. The first kappa shape index (κ1) is 33.4. The van der Waals surface area contributed by atoms with Gasteiger partial charge in [0.25, 0.3) is 5.91 Å². The van der Waals surface area contributed by atoms with Gasteiger partial charge in [0.05, 0.1) is 41.8 Å². The van der Waals surface area contributed by atoms with Crippen molar-refractivity contribution in [2.24, 2.45) is 11.8 Å². The molecule has 3 aliphatic rings. The Morgan fingerprint density at radius 1 is 1.20 bits per heavy atom. The van der Waals surface area contributed by atoms with Gasteiger partial charge in [0.1, 0.15) is 17.7 Å². The van der Waals surface area contributed by atoms with Gasteiger partial charge in [-0.15, -0.1) is 13.2 Å². The van der Waals surface area contributed by atoms with E-state index in [1.54, 1.807) is 36.4 Å². The number of esters is 1. The van der Waals surface area contributed by atoms with E-state index in [1.807, 2.05) is 31.2 Å². The van der Waals surface area contributed by atoms with Gasteiger partial charge < -0.3 is 29.7 Å². The summed E-state index contributed by atoms with van der Waals surface area (Å²) >= 11 is 6.59. The Kier molecular flexibility index (Phi) is 10.3. The number of nitrogens with zero attached hydrogens (tertiary/aromatic N) is 2. The Labute approximate surface area is 274 Å². The molecule has 0 aromatic heterocycles. The zero-order chi connectivity index (χ0) is 33.0. The van der Waals surface area contributed by atoms with E-state index in [-0.39, 0.29) is 38.6 Å². The van der Waals surface area contributed by atoms with Crippen molar-refractivity contribution in [3.05, 3.63) is 90.0 Å². The second-order valence-corrected chi connectivity index (χ2v) is 12.3. The van der Waals surface area contributed by atoms with Crippen LogP contribution >= 0.6 is 11.6 Å². The summed E-state index contributed by atoms with van der Waals surface area (Å²) in [5, 5.41) is 13.2. The van der Waals surface area contributed by atoms with Crippen molar-refractivity contribution in [1.29, 1.82) is 0 Å². The van der Waals surface area contributed by atoms with Crippen LogP contribution in [0.25, 0.3) is 0 Å². The number of ether oxygens (including phenoxy) is 2. The number of hydrogen-bond donors (Lipinski definition) is 2. The fourth-order valence-electron chi connectivity index (χ4n) is 7.22. The summed E-state index contributed by atoms with van der Waals surface area (Å²) in [6, 6.07) is 13.3. The monoisotopic (exact) mass is 649 g/mol. The van der Waals surface area contributed by atoms with Crippen molar-refractivity contribution in [2.45, 2.75) is 56.5 Å². The maximum absolute atomic E-state index is 14.6. The number of anilines is 1. The Bertz CT molecular complexity index is 1480. The smallest absolute Gasteiger partial charge is 0.313 e. The minimum Gasteiger partial charge on any atom is -0.455 e. The van der Waals surface area contributed by atoms with E-state index < -0.39 is 53.5 Å². The van der Waals surface area contributed by atoms with Gasteiger partial charge in [-0.1, -0.05) is 66.2 Å². The fourth-order valence-corrected chi connectivity index (χ4v) is 7.55. The molecule has 46 heavy (non-hydrogen) atoms. The van der Waals surface area contributed by atoms with Crippen LogP contribution in [-0.2, 0) is 28.7 Å². The van der Waals surface area contributed by atoms with Crippen LogP contribution in [0.2, 0.25) is 5.02 Å². The normalized spacial score (nSPS) is 25.1. The standard InChI is InChI=1S/C35H40ClN3O7/c1-4-6-15-27(41)37-21-26(23-12-8-7-9-13-23)45-34(44)28-25-16-17-35(46-25)29(28)32(42)39(19-20-40)31(35)33(43)38(18-5-2)30-22(3)11-10-14-24(30)36/h4-5,7-14,25-26,28-29,31,40H,1-2,6,15-21H2,3H3,(H,37,41)/t25-,26-,28+,29+,31-,35+/m1/s1. The third-order valence-corrected chi connectivity index (χ3v) is 9.48. The average molecular weight is 650 g/mol. The molecule has 6 atom stereocenters. The number of amides is 3. The first-order valence-corrected chi connectivity index (χ1v) is 16.0. The number of aliphatic hydroxyl groups excluding tert-OH is 1. The van der Waals surface area contributed by atoms with Crippen molar-refractivity contribution in [1.82, 2.24) is 10.2 Å². The van der Waals surface area contributed by atoms with Crippen molar-refractivity contribution >= 4 is 41.0 Å². The Balaban J connectivity index is 1.45. The molecule has 11 heteroatoms. The van der Waals surface area contributed by atoms with E-state index in [1.165, 1.54) is 9.80 Å². The summed E-state index contributed by atoms with van der Waals surface area (Å²) in [5.41, 5.74) is 0.639. The lowest BCUT2D eigenvalue weighted by molar-refractivity contribution is -0.160. The Morgan fingerprint density at radius 3 is 2.63 bits per heavy atom. The third-order valence-electron chi connectivity index (χ3n) is 9.17. The van der Waals surface area contributed by atoms with Crippen molar-refractivity contribution < 1.29 is 33.8 Å². The Morgan fingerprint density at radius 2 is 1.96 bits per heavy atom. The number of nitrogens with one attached hydrogen (secondary N) is 1. The number of fused-ring (bicyclic) bond motifs is 1. The van der Waals surface area contributed by atoms with E-state index in [9.17, 15) is 24.3 Å². The van der Waals surface area contributed by atoms with Gasteiger partial charge in [0.2, 0.25) is 11.8 Å². The molecule has 2 bridgehead atoms. The number of allylic oxidation sites excluding steroid dienone is 1. The summed E-state index contributed by atoms with van der Waals surface area (Å²) < 4.78 is 12.6. The molecule has 3 saturated heterocycles. The number of rotatable bonds is 14. The number of halogens is 1. The molecule has 2 aromatic rings. The van der Waals surface area contributed by atoms with Crippen molar-refractivity contribution in [2.75, 3.05) is 31.1 Å². The lowest BCUT2D eigenvalue weighted by Gasteiger charge is -2.37. The van der Waals surface area contributed by atoms with E-state index in [2.05, 4.69) is 18.5 Å². The van der Waals surface area contributed by atoms with Crippen LogP contribution in [0.3, 0.4) is 0 Å². The van der Waals surface area contributed by atoms with Crippen LogP contribution in [0.15, 0.2) is 73.8 Å². The van der Waals surface area contributed by atoms with Gasteiger partial charge in [-0.2, -0.15) is 0 Å². The van der Waals surface area contributed by atoms with Crippen LogP contribution in [-0.4, -0.2) is 77.7 Å². The Hall–Kier alpha value is -3.99. The van der Waals surface area contributed by atoms with Gasteiger partial charge in [-0.3, -0.25) is 19.2 Å². The molecule has 3 heterocycles. The topological polar surface area (TPSA) is 125 Å². The van der Waals surface area contributed by atoms with Gasteiger partial charge in [-0.05, 0) is 43.4 Å². The zero-order valence-corrected chi connectivity index (χ0v) is 26.7. The number of aryl methyl sites for hydroxylation is 1. The number of β-amino-alcohol motifs (C(OH)–C–C–N with tert-alkyl or cyclic N) is 1. The first-order chi connectivity index (χ1) is 22.2. The summed E-state index contributed by atoms with van der Waals surface area (Å²) in [6.45, 7) is 8.97. The van der Waals surface area contributed by atoms with Crippen LogP contribution in [0, 0.1) is 18.8 Å². The first-order valence-electron chi connectivity index (χ1n) is 15.6. The zero-order valence-electron chi connectivity index (χ0n) is 25.9. The fraction of sp³-hybridized carbons (Fsp3) is 0.429. The molecule has 10 nitrogen and oxygen atoms in total. The molecule has 3 fully saturated rings. The van der Waals surface area contributed by atoms with Gasteiger partial charge >= 0.3 is 5.97 Å². The molecule has 3 amide bonds. The summed E-state index contributed by atoms with van der Waals surface area (Å²) in [5.74, 6) is -3.68. The van der Waals surface area contributed by atoms with E-state index in [4.69, 9.17) is 21.1 Å². The van der Waals surface area contributed by atoms with Gasteiger partial charge in [0, 0.05) is 19.5 Å². The maximum atomic E-state index is 14.6. The van der Waals surface area contributed by atoms with E-state index in [0.717, 1.165) is 5.56 Å². The van der Waals surface area contributed by atoms with Crippen LogP contribution < -0.4 is 10.2 Å². The molecule has 0 radical (unpaired) electrons. The summed E-state index contributed by atoms with van der Waals surface area (Å²) in [7, 11) is 0. The van der Waals surface area contributed by atoms with Crippen LogP contribution in [0.1, 0.15) is 42.9 Å². The molecular formula is C35H40ClN3O7.